The van der Waals surface area contributed by atoms with E-state index in [9.17, 15) is 4.57 Å². The largest absolute Gasteiger partial charge is 0.497 e. The summed E-state index contributed by atoms with van der Waals surface area (Å²) in [5.74, 6) is 1.24. The van der Waals surface area contributed by atoms with Gasteiger partial charge in [0.1, 0.15) is 11.5 Å². The molecule has 0 N–H and O–H groups in total. The standard InChI is InChI=1S/C20H19O3P/c1-22-16-13-14-19(23-2)20(15-16)24(21,17-9-5-3-6-10-17)18-11-7-4-8-12-18/h3-15H,1-2H3. The summed E-state index contributed by atoms with van der Waals surface area (Å²) in [5.41, 5.74) is 0. The van der Waals surface area contributed by atoms with Gasteiger partial charge in [0.05, 0.1) is 19.5 Å². The molecule has 0 saturated carbocycles. The zero-order valence-corrected chi connectivity index (χ0v) is 14.6. The van der Waals surface area contributed by atoms with E-state index in [-0.39, 0.29) is 0 Å². The minimum absolute atomic E-state index is 0.590. The molecule has 0 spiro atoms. The molecule has 4 heteroatoms. The maximum atomic E-state index is 14.3. The molecule has 3 aromatic rings. The average molecular weight is 338 g/mol. The van der Waals surface area contributed by atoms with Gasteiger partial charge in [0, 0.05) is 10.6 Å². The Hall–Kier alpha value is -2.51. The molecule has 24 heavy (non-hydrogen) atoms. The van der Waals surface area contributed by atoms with Crippen LogP contribution in [-0.4, -0.2) is 14.2 Å². The summed E-state index contributed by atoms with van der Waals surface area (Å²) in [6, 6.07) is 24.4. The molecule has 0 bridgehead atoms. The highest BCUT2D eigenvalue weighted by Crippen LogP contribution is 2.45. The van der Waals surface area contributed by atoms with Crippen LogP contribution < -0.4 is 25.4 Å². The molecule has 0 aliphatic rings. The molecule has 122 valence electrons. The van der Waals surface area contributed by atoms with Crippen LogP contribution in [0.4, 0.5) is 0 Å². The van der Waals surface area contributed by atoms with Crippen LogP contribution in [-0.2, 0) is 4.57 Å². The Bertz CT molecular complexity index is 817. The molecule has 0 atom stereocenters. The number of benzene rings is 3. The van der Waals surface area contributed by atoms with Crippen LogP contribution in [0, 0.1) is 0 Å². The van der Waals surface area contributed by atoms with Gasteiger partial charge in [0.25, 0.3) is 0 Å². The Balaban J connectivity index is 2.34. The summed E-state index contributed by atoms with van der Waals surface area (Å²) in [6.45, 7) is 0. The Morgan fingerprint density at radius 3 is 1.71 bits per heavy atom. The van der Waals surface area contributed by atoms with Gasteiger partial charge in [0.15, 0.2) is 7.14 Å². The van der Waals surface area contributed by atoms with E-state index in [1.165, 1.54) is 0 Å². The second-order valence-corrected chi connectivity index (χ2v) is 8.05. The van der Waals surface area contributed by atoms with Crippen LogP contribution in [0.1, 0.15) is 0 Å². The van der Waals surface area contributed by atoms with Crippen molar-refractivity contribution >= 4 is 23.1 Å². The van der Waals surface area contributed by atoms with Gasteiger partial charge < -0.3 is 14.0 Å². The first kappa shape index (κ1) is 16.4. The minimum Gasteiger partial charge on any atom is -0.497 e. The normalized spacial score (nSPS) is 11.1. The van der Waals surface area contributed by atoms with E-state index in [2.05, 4.69) is 0 Å². The van der Waals surface area contributed by atoms with Crippen LogP contribution in [0.5, 0.6) is 11.5 Å². The van der Waals surface area contributed by atoms with Gasteiger partial charge in [-0.15, -0.1) is 0 Å². The molecule has 0 unspecified atom stereocenters. The molecule has 3 rings (SSSR count). The minimum atomic E-state index is -3.08. The molecule has 3 nitrogen and oxygen atoms in total. The summed E-state index contributed by atoms with van der Waals surface area (Å²) < 4.78 is 25.2. The summed E-state index contributed by atoms with van der Waals surface area (Å²) in [6.07, 6.45) is 0. The predicted octanol–water partition coefficient (Wildman–Crippen LogP) is 3.34. The SMILES string of the molecule is COc1ccc(OC)c(P(=O)(c2ccccc2)c2ccccc2)c1. The van der Waals surface area contributed by atoms with Crippen molar-refractivity contribution in [3.8, 4) is 11.5 Å². The highest BCUT2D eigenvalue weighted by Gasteiger charge is 2.32. The number of hydrogen-bond acceptors (Lipinski definition) is 3. The molecular weight excluding hydrogens is 319 g/mol. The molecule has 0 fully saturated rings. The molecule has 0 amide bonds. The third-order valence-corrected chi connectivity index (χ3v) is 7.04. The first-order valence-electron chi connectivity index (χ1n) is 7.64. The molecule has 0 aromatic heterocycles. The highest BCUT2D eigenvalue weighted by molar-refractivity contribution is 7.85. The zero-order valence-electron chi connectivity index (χ0n) is 13.7. The van der Waals surface area contributed by atoms with Gasteiger partial charge >= 0.3 is 0 Å². The lowest BCUT2D eigenvalue weighted by molar-refractivity contribution is 0.405. The maximum Gasteiger partial charge on any atom is 0.174 e. The van der Waals surface area contributed by atoms with E-state index in [1.807, 2.05) is 66.7 Å². The number of methoxy groups -OCH3 is 2. The highest BCUT2D eigenvalue weighted by atomic mass is 31.2. The number of hydrogen-bond donors (Lipinski definition) is 0. The smallest absolute Gasteiger partial charge is 0.174 e. The van der Waals surface area contributed by atoms with Crippen molar-refractivity contribution in [3.05, 3.63) is 78.9 Å². The predicted molar refractivity (Wildman–Crippen MR) is 98.9 cm³/mol. The van der Waals surface area contributed by atoms with Gasteiger partial charge in [-0.2, -0.15) is 0 Å². The Morgan fingerprint density at radius 1 is 0.708 bits per heavy atom. The van der Waals surface area contributed by atoms with Crippen LogP contribution in [0.2, 0.25) is 0 Å². The van der Waals surface area contributed by atoms with Crippen molar-refractivity contribution in [2.45, 2.75) is 0 Å². The van der Waals surface area contributed by atoms with Crippen LogP contribution in [0.3, 0.4) is 0 Å². The number of rotatable bonds is 5. The lowest BCUT2D eigenvalue weighted by Crippen LogP contribution is -2.26. The van der Waals surface area contributed by atoms with Crippen molar-refractivity contribution < 1.29 is 14.0 Å². The van der Waals surface area contributed by atoms with Crippen LogP contribution >= 0.6 is 7.14 Å². The summed E-state index contributed by atoms with van der Waals surface area (Å²) in [7, 11) is 0.112. The van der Waals surface area contributed by atoms with Gasteiger partial charge in [-0.25, -0.2) is 0 Å². The van der Waals surface area contributed by atoms with Gasteiger partial charge in [-0.1, -0.05) is 60.7 Å². The maximum absolute atomic E-state index is 14.3. The third kappa shape index (κ3) is 2.83. The second kappa shape index (κ2) is 6.94. The van der Waals surface area contributed by atoms with Crippen molar-refractivity contribution in [1.82, 2.24) is 0 Å². The Kier molecular flexibility index (Phi) is 4.73. The van der Waals surface area contributed by atoms with Gasteiger partial charge in [0.2, 0.25) is 0 Å². The Morgan fingerprint density at radius 2 is 1.25 bits per heavy atom. The van der Waals surface area contributed by atoms with E-state index >= 15 is 0 Å². The topological polar surface area (TPSA) is 35.5 Å². The lowest BCUT2D eigenvalue weighted by atomic mass is 10.3. The van der Waals surface area contributed by atoms with Gasteiger partial charge in [-0.05, 0) is 18.2 Å². The molecule has 0 heterocycles. The van der Waals surface area contributed by atoms with E-state index < -0.39 is 7.14 Å². The molecule has 0 aliphatic carbocycles. The Labute approximate surface area is 142 Å². The monoisotopic (exact) mass is 338 g/mol. The molecule has 0 radical (unpaired) electrons. The van der Waals surface area contributed by atoms with E-state index in [0.29, 0.717) is 16.8 Å². The van der Waals surface area contributed by atoms with Crippen LogP contribution in [0.25, 0.3) is 0 Å². The number of ether oxygens (including phenoxy) is 2. The van der Waals surface area contributed by atoms with Crippen LogP contribution in [0.15, 0.2) is 78.9 Å². The lowest BCUT2D eigenvalue weighted by Gasteiger charge is -2.22. The van der Waals surface area contributed by atoms with Crippen molar-refractivity contribution in [2.75, 3.05) is 14.2 Å². The van der Waals surface area contributed by atoms with E-state index in [0.717, 1.165) is 10.6 Å². The third-order valence-electron chi connectivity index (χ3n) is 3.96. The van der Waals surface area contributed by atoms with E-state index in [1.54, 1.807) is 26.4 Å². The first-order valence-corrected chi connectivity index (χ1v) is 9.34. The quantitative estimate of drug-likeness (QED) is 0.670. The second-order valence-electron chi connectivity index (χ2n) is 5.32. The summed E-state index contributed by atoms with van der Waals surface area (Å²) in [4.78, 5) is 0. The fraction of sp³-hybridized carbons (Fsp3) is 0.100. The van der Waals surface area contributed by atoms with Crippen molar-refractivity contribution in [3.63, 3.8) is 0 Å². The van der Waals surface area contributed by atoms with Gasteiger partial charge in [-0.3, -0.25) is 0 Å². The molecule has 0 aliphatic heterocycles. The fourth-order valence-corrected chi connectivity index (χ4v) is 5.57. The molecule has 0 saturated heterocycles. The molecule has 3 aromatic carbocycles. The first-order chi connectivity index (χ1) is 11.7. The average Bonchev–Trinajstić information content (AvgIpc) is 2.68. The fourth-order valence-electron chi connectivity index (χ4n) is 2.75. The van der Waals surface area contributed by atoms with E-state index in [4.69, 9.17) is 9.47 Å². The summed E-state index contributed by atoms with van der Waals surface area (Å²) in [5, 5.41) is 2.17. The zero-order chi connectivity index (χ0) is 17.0. The molecular formula is C20H19O3P. The summed E-state index contributed by atoms with van der Waals surface area (Å²) >= 11 is 0. The van der Waals surface area contributed by atoms with Crippen molar-refractivity contribution in [1.29, 1.82) is 0 Å². The van der Waals surface area contributed by atoms with Crippen molar-refractivity contribution in [2.24, 2.45) is 0 Å².